The van der Waals surface area contributed by atoms with Crippen LogP contribution in [0.4, 0.5) is 9.93 Å². The van der Waals surface area contributed by atoms with Crippen molar-refractivity contribution in [1.82, 2.24) is 15.5 Å². The Morgan fingerprint density at radius 1 is 1.36 bits per heavy atom. The molecule has 1 aliphatic heterocycles. The number of hydrogen-bond donors (Lipinski definition) is 2. The van der Waals surface area contributed by atoms with Crippen molar-refractivity contribution in [2.75, 3.05) is 25.1 Å². The van der Waals surface area contributed by atoms with Gasteiger partial charge in [0.15, 0.2) is 5.01 Å². The van der Waals surface area contributed by atoms with Gasteiger partial charge in [-0.2, -0.15) is 0 Å². The minimum atomic E-state index is -0.271. The lowest BCUT2D eigenvalue weighted by atomic mass is 10.0. The molecule has 8 heteroatoms. The van der Waals surface area contributed by atoms with Gasteiger partial charge >= 0.3 is 6.03 Å². The van der Waals surface area contributed by atoms with E-state index in [4.69, 9.17) is 9.47 Å². The number of nitrogens with zero attached hydrogens (tertiary/aromatic N) is 2. The Labute approximate surface area is 150 Å². The average molecular weight is 362 g/mol. The molecule has 1 saturated heterocycles. The zero-order valence-corrected chi connectivity index (χ0v) is 15.0. The van der Waals surface area contributed by atoms with E-state index in [1.807, 2.05) is 31.2 Å². The molecule has 2 heterocycles. The summed E-state index contributed by atoms with van der Waals surface area (Å²) >= 11 is 1.30. The highest BCUT2D eigenvalue weighted by Crippen LogP contribution is 2.18. The number of aromatic nitrogens is 2. The van der Waals surface area contributed by atoms with Crippen LogP contribution in [0.15, 0.2) is 24.3 Å². The van der Waals surface area contributed by atoms with E-state index in [0.717, 1.165) is 25.2 Å². The quantitative estimate of drug-likeness (QED) is 0.825. The summed E-state index contributed by atoms with van der Waals surface area (Å²) in [4.78, 5) is 11.9. The number of nitrogens with one attached hydrogen (secondary N) is 2. The van der Waals surface area contributed by atoms with Crippen molar-refractivity contribution in [3.63, 3.8) is 0 Å². The topological polar surface area (TPSA) is 85.4 Å². The van der Waals surface area contributed by atoms with Gasteiger partial charge in [0.2, 0.25) is 5.13 Å². The molecule has 25 heavy (non-hydrogen) atoms. The highest BCUT2D eigenvalue weighted by Gasteiger charge is 2.15. The van der Waals surface area contributed by atoms with Crippen LogP contribution in [-0.4, -0.2) is 36.0 Å². The minimum absolute atomic E-state index is 0.271. The predicted octanol–water partition coefficient (Wildman–Crippen LogP) is 2.97. The zero-order valence-electron chi connectivity index (χ0n) is 14.2. The summed E-state index contributed by atoms with van der Waals surface area (Å²) in [7, 11) is 0. The molecule has 1 aliphatic rings. The Morgan fingerprint density at radius 3 is 2.96 bits per heavy atom. The molecule has 0 aliphatic carbocycles. The fraction of sp³-hybridized carbons (Fsp3) is 0.471. The maximum absolute atomic E-state index is 11.9. The van der Waals surface area contributed by atoms with Crippen LogP contribution in [0.1, 0.15) is 23.4 Å². The van der Waals surface area contributed by atoms with Crippen molar-refractivity contribution in [3.05, 3.63) is 34.8 Å². The largest absolute Gasteiger partial charge is 0.486 e. The number of rotatable bonds is 6. The first kappa shape index (κ1) is 17.6. The number of urea groups is 1. The molecule has 2 N–H and O–H groups in total. The Hall–Kier alpha value is -2.19. The predicted molar refractivity (Wildman–Crippen MR) is 96.0 cm³/mol. The molecule has 3 rings (SSSR count). The van der Waals surface area contributed by atoms with E-state index < -0.39 is 0 Å². The molecule has 1 aromatic heterocycles. The van der Waals surface area contributed by atoms with E-state index >= 15 is 0 Å². The molecular formula is C17H22N4O3S. The standard InChI is InChI=1S/C17H22N4O3S/c1-12-4-6-14(7-5-12)24-11-15-20-21-17(25-15)19-16(22)18-9-13-3-2-8-23-10-13/h4-7,13H,2-3,8-11H2,1H3,(H2,18,19,21,22)/t13-/m1/s1. The van der Waals surface area contributed by atoms with Gasteiger partial charge in [-0.15, -0.1) is 10.2 Å². The van der Waals surface area contributed by atoms with Gasteiger partial charge < -0.3 is 14.8 Å². The molecular weight excluding hydrogens is 340 g/mol. The van der Waals surface area contributed by atoms with E-state index in [2.05, 4.69) is 20.8 Å². The van der Waals surface area contributed by atoms with Gasteiger partial charge in [-0.25, -0.2) is 4.79 Å². The molecule has 1 fully saturated rings. The number of amides is 2. The summed E-state index contributed by atoms with van der Waals surface area (Å²) in [6.45, 7) is 4.48. The summed E-state index contributed by atoms with van der Waals surface area (Å²) in [5.41, 5.74) is 1.18. The van der Waals surface area contributed by atoms with Crippen molar-refractivity contribution in [2.45, 2.75) is 26.4 Å². The van der Waals surface area contributed by atoms with E-state index in [1.165, 1.54) is 16.9 Å². The van der Waals surface area contributed by atoms with Crippen LogP contribution >= 0.6 is 11.3 Å². The van der Waals surface area contributed by atoms with Gasteiger partial charge in [0.1, 0.15) is 12.4 Å². The third-order valence-electron chi connectivity index (χ3n) is 3.88. The Kier molecular flexibility index (Phi) is 6.19. The second kappa shape index (κ2) is 8.77. The van der Waals surface area contributed by atoms with Crippen LogP contribution in [0.25, 0.3) is 0 Å². The molecule has 0 radical (unpaired) electrons. The second-order valence-electron chi connectivity index (χ2n) is 6.02. The lowest BCUT2D eigenvalue weighted by Crippen LogP contribution is -2.35. The summed E-state index contributed by atoms with van der Waals surface area (Å²) < 4.78 is 11.1. The maximum atomic E-state index is 11.9. The summed E-state index contributed by atoms with van der Waals surface area (Å²) in [6.07, 6.45) is 2.13. The summed E-state index contributed by atoms with van der Waals surface area (Å²) in [6, 6.07) is 7.54. The van der Waals surface area contributed by atoms with Crippen LogP contribution in [0.2, 0.25) is 0 Å². The third-order valence-corrected chi connectivity index (χ3v) is 4.69. The normalized spacial score (nSPS) is 17.1. The van der Waals surface area contributed by atoms with Crippen molar-refractivity contribution >= 4 is 22.5 Å². The number of ether oxygens (including phenoxy) is 2. The maximum Gasteiger partial charge on any atom is 0.321 e. The summed E-state index contributed by atoms with van der Waals surface area (Å²) in [5.74, 6) is 1.16. The number of anilines is 1. The average Bonchev–Trinajstić information content (AvgIpc) is 3.08. The highest BCUT2D eigenvalue weighted by atomic mass is 32.1. The Balaban J connectivity index is 1.41. The molecule has 2 amide bonds. The fourth-order valence-electron chi connectivity index (χ4n) is 2.49. The van der Waals surface area contributed by atoms with Crippen LogP contribution in [0.5, 0.6) is 5.75 Å². The van der Waals surface area contributed by atoms with Crippen LogP contribution < -0.4 is 15.4 Å². The first-order valence-electron chi connectivity index (χ1n) is 8.33. The number of carbonyl (C=O) groups is 1. The van der Waals surface area contributed by atoms with Crippen molar-refractivity contribution in [1.29, 1.82) is 0 Å². The van der Waals surface area contributed by atoms with Crippen LogP contribution in [0.3, 0.4) is 0 Å². The van der Waals surface area contributed by atoms with Crippen molar-refractivity contribution < 1.29 is 14.3 Å². The zero-order chi connectivity index (χ0) is 17.5. The van der Waals surface area contributed by atoms with Gasteiger partial charge in [-0.05, 0) is 37.8 Å². The van der Waals surface area contributed by atoms with Crippen LogP contribution in [0, 0.1) is 12.8 Å². The number of benzene rings is 1. The molecule has 134 valence electrons. The molecule has 1 atom stereocenters. The van der Waals surface area contributed by atoms with E-state index in [0.29, 0.717) is 35.8 Å². The minimum Gasteiger partial charge on any atom is -0.486 e. The molecule has 1 aromatic carbocycles. The second-order valence-corrected chi connectivity index (χ2v) is 7.08. The summed E-state index contributed by atoms with van der Waals surface area (Å²) in [5, 5.41) is 14.7. The number of aryl methyl sites for hydroxylation is 1. The Bertz CT molecular complexity index is 683. The van der Waals surface area contributed by atoms with Gasteiger partial charge in [0.25, 0.3) is 0 Å². The van der Waals surface area contributed by atoms with E-state index in [-0.39, 0.29) is 6.03 Å². The fourth-order valence-corrected chi connectivity index (χ4v) is 3.14. The van der Waals surface area contributed by atoms with E-state index in [9.17, 15) is 4.79 Å². The van der Waals surface area contributed by atoms with E-state index in [1.54, 1.807) is 0 Å². The lowest BCUT2D eigenvalue weighted by Gasteiger charge is -2.22. The molecule has 7 nitrogen and oxygen atoms in total. The Morgan fingerprint density at radius 2 is 2.20 bits per heavy atom. The molecule has 0 saturated carbocycles. The first-order chi connectivity index (χ1) is 12.2. The monoisotopic (exact) mass is 362 g/mol. The molecule has 0 bridgehead atoms. The first-order valence-corrected chi connectivity index (χ1v) is 9.15. The van der Waals surface area contributed by atoms with Gasteiger partial charge in [0, 0.05) is 13.2 Å². The van der Waals surface area contributed by atoms with Gasteiger partial charge in [-0.3, -0.25) is 5.32 Å². The van der Waals surface area contributed by atoms with Gasteiger partial charge in [0.05, 0.1) is 6.61 Å². The molecule has 0 unspecified atom stereocenters. The van der Waals surface area contributed by atoms with Crippen molar-refractivity contribution in [2.24, 2.45) is 5.92 Å². The number of hydrogen-bond acceptors (Lipinski definition) is 6. The third kappa shape index (κ3) is 5.68. The lowest BCUT2D eigenvalue weighted by molar-refractivity contribution is 0.0559. The molecule has 0 spiro atoms. The molecule has 2 aromatic rings. The SMILES string of the molecule is Cc1ccc(OCc2nnc(NC(=O)NC[C@H]3CCCOC3)s2)cc1. The number of carbonyl (C=O) groups excluding carboxylic acids is 1. The van der Waals surface area contributed by atoms with Crippen LogP contribution in [-0.2, 0) is 11.3 Å². The smallest absolute Gasteiger partial charge is 0.321 e. The van der Waals surface area contributed by atoms with Gasteiger partial charge in [-0.1, -0.05) is 29.0 Å². The van der Waals surface area contributed by atoms with Crippen molar-refractivity contribution in [3.8, 4) is 5.75 Å². The highest BCUT2D eigenvalue weighted by molar-refractivity contribution is 7.15.